The standard InChI is InChI=1S/C40H33N3/c1-40(2)33-16-8-6-15-32(33)38-34(40)25-24-31-30-14-7-10-18-36(30)43(39(31)38)29-22-20-27(21-23-29)26-42(28-12-4-3-5-13-28)37-19-11-9-17-35(37)41/h3-25H,26,41H2,1-2H3. The maximum atomic E-state index is 6.46. The van der Waals surface area contributed by atoms with Gasteiger partial charge in [0.1, 0.15) is 0 Å². The van der Waals surface area contributed by atoms with Crippen LogP contribution < -0.4 is 10.6 Å². The Balaban J connectivity index is 1.28. The van der Waals surface area contributed by atoms with Crippen LogP contribution >= 0.6 is 0 Å². The van der Waals surface area contributed by atoms with Crippen LogP contribution in [0.15, 0.2) is 140 Å². The Morgan fingerprint density at radius 2 is 1.33 bits per heavy atom. The molecule has 1 aromatic heterocycles. The molecule has 1 aliphatic rings. The number of hydrogen-bond acceptors (Lipinski definition) is 2. The van der Waals surface area contributed by atoms with Gasteiger partial charge in [-0.15, -0.1) is 0 Å². The number of nitrogen functional groups attached to an aromatic ring is 1. The van der Waals surface area contributed by atoms with Gasteiger partial charge < -0.3 is 15.2 Å². The highest BCUT2D eigenvalue weighted by molar-refractivity contribution is 6.15. The fourth-order valence-electron chi connectivity index (χ4n) is 7.10. The summed E-state index contributed by atoms with van der Waals surface area (Å²) in [5, 5.41) is 2.57. The predicted molar refractivity (Wildman–Crippen MR) is 181 cm³/mol. The van der Waals surface area contributed by atoms with E-state index in [1.165, 1.54) is 49.6 Å². The number of aromatic nitrogens is 1. The summed E-state index contributed by atoms with van der Waals surface area (Å²) < 4.78 is 2.47. The molecule has 0 fully saturated rings. The van der Waals surface area contributed by atoms with Gasteiger partial charge in [-0.2, -0.15) is 0 Å². The lowest BCUT2D eigenvalue weighted by atomic mass is 9.82. The molecule has 7 aromatic rings. The van der Waals surface area contributed by atoms with Crippen LogP contribution in [0.4, 0.5) is 17.1 Å². The normalized spacial score (nSPS) is 13.3. The number of hydrogen-bond donors (Lipinski definition) is 1. The van der Waals surface area contributed by atoms with Gasteiger partial charge in [-0.25, -0.2) is 0 Å². The van der Waals surface area contributed by atoms with E-state index >= 15 is 0 Å². The summed E-state index contributed by atoms with van der Waals surface area (Å²) in [6, 6.07) is 50.0. The van der Waals surface area contributed by atoms with Gasteiger partial charge >= 0.3 is 0 Å². The van der Waals surface area contributed by atoms with Gasteiger partial charge in [0.2, 0.25) is 0 Å². The van der Waals surface area contributed by atoms with Gasteiger partial charge in [-0.3, -0.25) is 0 Å². The van der Waals surface area contributed by atoms with E-state index in [1.54, 1.807) is 0 Å². The van der Waals surface area contributed by atoms with Gasteiger partial charge in [-0.1, -0.05) is 111 Å². The van der Waals surface area contributed by atoms with Crippen molar-refractivity contribution >= 4 is 38.9 Å². The molecule has 0 saturated heterocycles. The Labute approximate surface area is 252 Å². The SMILES string of the molecule is CC1(C)c2ccccc2-c2c1ccc1c3ccccc3n(-c3ccc(CN(c4ccccc4)c4ccccc4N)cc3)c21. The van der Waals surface area contributed by atoms with E-state index in [0.717, 1.165) is 22.7 Å². The van der Waals surface area contributed by atoms with Crippen LogP contribution in [0.5, 0.6) is 0 Å². The molecule has 0 atom stereocenters. The molecular formula is C40H33N3. The van der Waals surface area contributed by atoms with Gasteiger partial charge in [0.05, 0.1) is 22.4 Å². The summed E-state index contributed by atoms with van der Waals surface area (Å²) in [4.78, 5) is 2.29. The Hall–Kier alpha value is -5.28. The highest BCUT2D eigenvalue weighted by Crippen LogP contribution is 2.52. The van der Waals surface area contributed by atoms with Gasteiger partial charge in [0.25, 0.3) is 0 Å². The van der Waals surface area contributed by atoms with Crippen LogP contribution in [0, 0.1) is 0 Å². The average molecular weight is 556 g/mol. The molecule has 0 spiro atoms. The van der Waals surface area contributed by atoms with Crippen molar-refractivity contribution in [3.8, 4) is 16.8 Å². The molecule has 6 aromatic carbocycles. The largest absolute Gasteiger partial charge is 0.397 e. The van der Waals surface area contributed by atoms with Crippen molar-refractivity contribution in [1.82, 2.24) is 4.57 Å². The Bertz CT molecular complexity index is 2140. The second kappa shape index (κ2) is 9.64. The summed E-state index contributed by atoms with van der Waals surface area (Å²) in [5.74, 6) is 0. The number of fused-ring (bicyclic) bond motifs is 7. The van der Waals surface area contributed by atoms with E-state index in [9.17, 15) is 0 Å². The molecule has 8 rings (SSSR count). The number of rotatable bonds is 5. The highest BCUT2D eigenvalue weighted by atomic mass is 15.1. The third-order valence-corrected chi connectivity index (χ3v) is 9.21. The smallest absolute Gasteiger partial charge is 0.0647 e. The second-order valence-electron chi connectivity index (χ2n) is 12.1. The first kappa shape index (κ1) is 25.4. The van der Waals surface area contributed by atoms with Gasteiger partial charge in [0.15, 0.2) is 0 Å². The number of anilines is 3. The van der Waals surface area contributed by atoms with Crippen molar-refractivity contribution in [3.63, 3.8) is 0 Å². The van der Waals surface area contributed by atoms with Crippen LogP contribution in [0.1, 0.15) is 30.5 Å². The first-order valence-electron chi connectivity index (χ1n) is 15.0. The van der Waals surface area contributed by atoms with E-state index in [0.29, 0.717) is 6.54 Å². The molecule has 1 heterocycles. The van der Waals surface area contributed by atoms with E-state index in [2.05, 4.69) is 139 Å². The molecule has 0 aliphatic heterocycles. The predicted octanol–water partition coefficient (Wildman–Crippen LogP) is 10.0. The fraction of sp³-hybridized carbons (Fsp3) is 0.100. The summed E-state index contributed by atoms with van der Waals surface area (Å²) in [6.07, 6.45) is 0. The molecular weight excluding hydrogens is 522 g/mol. The van der Waals surface area contributed by atoms with Crippen molar-refractivity contribution in [2.75, 3.05) is 10.6 Å². The summed E-state index contributed by atoms with van der Waals surface area (Å²) in [5.41, 5.74) is 19.7. The Kier molecular flexibility index (Phi) is 5.70. The van der Waals surface area contributed by atoms with E-state index in [1.807, 2.05) is 24.3 Å². The van der Waals surface area contributed by atoms with E-state index in [4.69, 9.17) is 5.73 Å². The zero-order chi connectivity index (χ0) is 29.1. The summed E-state index contributed by atoms with van der Waals surface area (Å²) >= 11 is 0. The van der Waals surface area contributed by atoms with Gasteiger partial charge in [0, 0.05) is 39.7 Å². The number of para-hydroxylation sites is 4. The number of nitrogens with zero attached hydrogens (tertiary/aromatic N) is 2. The van der Waals surface area contributed by atoms with Crippen molar-refractivity contribution in [1.29, 1.82) is 0 Å². The molecule has 43 heavy (non-hydrogen) atoms. The molecule has 0 unspecified atom stereocenters. The lowest BCUT2D eigenvalue weighted by Crippen LogP contribution is -2.17. The van der Waals surface area contributed by atoms with Crippen molar-refractivity contribution in [2.45, 2.75) is 25.8 Å². The zero-order valence-electron chi connectivity index (χ0n) is 24.5. The minimum absolute atomic E-state index is 0.0502. The third kappa shape index (κ3) is 3.89. The third-order valence-electron chi connectivity index (χ3n) is 9.21. The minimum atomic E-state index is -0.0502. The van der Waals surface area contributed by atoms with Crippen LogP contribution in [0.2, 0.25) is 0 Å². The summed E-state index contributed by atoms with van der Waals surface area (Å²) in [7, 11) is 0. The van der Waals surface area contributed by atoms with E-state index < -0.39 is 0 Å². The molecule has 0 bridgehead atoms. The van der Waals surface area contributed by atoms with Gasteiger partial charge in [-0.05, 0) is 64.7 Å². The maximum Gasteiger partial charge on any atom is 0.0647 e. The molecule has 2 N–H and O–H groups in total. The number of nitrogens with two attached hydrogens (primary N) is 1. The van der Waals surface area contributed by atoms with Crippen molar-refractivity contribution in [2.24, 2.45) is 0 Å². The lowest BCUT2D eigenvalue weighted by Gasteiger charge is -2.26. The Morgan fingerprint density at radius 1 is 0.628 bits per heavy atom. The van der Waals surface area contributed by atoms with Crippen LogP contribution in [0.25, 0.3) is 38.6 Å². The first-order valence-corrected chi connectivity index (χ1v) is 15.0. The molecule has 208 valence electrons. The average Bonchev–Trinajstić information content (AvgIpc) is 3.50. The Morgan fingerprint density at radius 3 is 2.14 bits per heavy atom. The topological polar surface area (TPSA) is 34.2 Å². The molecule has 0 radical (unpaired) electrons. The van der Waals surface area contributed by atoms with E-state index in [-0.39, 0.29) is 5.41 Å². The molecule has 1 aliphatic carbocycles. The van der Waals surface area contributed by atoms with Crippen molar-refractivity contribution < 1.29 is 0 Å². The molecule has 3 heteroatoms. The number of benzene rings is 6. The van der Waals surface area contributed by atoms with Crippen LogP contribution in [-0.2, 0) is 12.0 Å². The second-order valence-corrected chi connectivity index (χ2v) is 12.1. The van der Waals surface area contributed by atoms with Crippen LogP contribution in [0.3, 0.4) is 0 Å². The van der Waals surface area contributed by atoms with Crippen molar-refractivity contribution in [3.05, 3.63) is 156 Å². The lowest BCUT2D eigenvalue weighted by molar-refractivity contribution is 0.661. The zero-order valence-corrected chi connectivity index (χ0v) is 24.5. The monoisotopic (exact) mass is 555 g/mol. The highest BCUT2D eigenvalue weighted by Gasteiger charge is 2.37. The first-order chi connectivity index (χ1) is 21.0. The maximum absolute atomic E-state index is 6.46. The fourth-order valence-corrected chi connectivity index (χ4v) is 7.10. The quantitative estimate of drug-likeness (QED) is 0.214. The summed E-state index contributed by atoms with van der Waals surface area (Å²) in [6.45, 7) is 5.41. The molecule has 0 amide bonds. The molecule has 3 nitrogen and oxygen atoms in total. The molecule has 0 saturated carbocycles. The van der Waals surface area contributed by atoms with Crippen LogP contribution in [-0.4, -0.2) is 4.57 Å². The minimum Gasteiger partial charge on any atom is -0.397 e.